The van der Waals surface area contributed by atoms with Crippen LogP contribution < -0.4 is 5.32 Å². The number of carboxylic acid groups (broad SMARTS) is 1. The van der Waals surface area contributed by atoms with E-state index in [9.17, 15) is 14.7 Å². The molecule has 0 unspecified atom stereocenters. The molecule has 1 aromatic heterocycles. The summed E-state index contributed by atoms with van der Waals surface area (Å²) in [5.74, 6) is -1.16. The maximum absolute atomic E-state index is 12.5. The smallest absolute Gasteiger partial charge is 0.309 e. The van der Waals surface area contributed by atoms with Crippen molar-refractivity contribution in [2.24, 2.45) is 5.41 Å². The molecule has 35 heavy (non-hydrogen) atoms. The highest BCUT2D eigenvalue weighted by Gasteiger charge is 2.30. The predicted molar refractivity (Wildman–Crippen MR) is 138 cm³/mol. The van der Waals surface area contributed by atoms with Crippen LogP contribution >= 0.6 is 0 Å². The molecule has 6 heteroatoms. The maximum Gasteiger partial charge on any atom is 0.309 e. The van der Waals surface area contributed by atoms with Gasteiger partial charge in [0.15, 0.2) is 11.4 Å². The van der Waals surface area contributed by atoms with Crippen LogP contribution in [0.1, 0.15) is 56.0 Å². The number of rotatable bonds is 10. The first-order chi connectivity index (χ1) is 16.7. The highest BCUT2D eigenvalue weighted by atomic mass is 16.4. The van der Waals surface area contributed by atoms with Crippen LogP contribution in [0.25, 0.3) is 22.2 Å². The minimum Gasteiger partial charge on any atom is -0.481 e. The molecule has 0 saturated carbocycles. The lowest BCUT2D eigenvalue weighted by Crippen LogP contribution is -2.26. The molecule has 0 aliphatic carbocycles. The SMILES string of the molecule is CCCCc1ccc2oc(Nc3ccc(-c4ccc(C(=O)CC(C)(C)C(=O)O)cc4)cc3)nc2c1. The normalized spacial score (nSPS) is 11.5. The van der Waals surface area contributed by atoms with Gasteiger partial charge in [-0.05, 0) is 67.6 Å². The van der Waals surface area contributed by atoms with Crippen LogP contribution in [0.2, 0.25) is 0 Å². The van der Waals surface area contributed by atoms with Gasteiger partial charge in [-0.2, -0.15) is 4.98 Å². The highest BCUT2D eigenvalue weighted by molar-refractivity contribution is 5.99. The number of nitrogens with one attached hydrogen (secondary N) is 1. The van der Waals surface area contributed by atoms with Crippen molar-refractivity contribution >= 4 is 34.6 Å². The first-order valence-electron chi connectivity index (χ1n) is 11.9. The number of aliphatic carboxylic acids is 1. The number of ketones is 1. The molecule has 0 bridgehead atoms. The molecular weight excluding hydrogens is 440 g/mol. The number of carbonyl (C=O) groups is 2. The van der Waals surface area contributed by atoms with E-state index < -0.39 is 11.4 Å². The molecule has 0 atom stereocenters. The second-order valence-electron chi connectivity index (χ2n) is 9.49. The van der Waals surface area contributed by atoms with Gasteiger partial charge in [-0.15, -0.1) is 0 Å². The lowest BCUT2D eigenvalue weighted by atomic mass is 9.85. The molecule has 4 aromatic rings. The Morgan fingerprint density at radius 1 is 0.971 bits per heavy atom. The van der Waals surface area contributed by atoms with Crippen LogP contribution in [0.3, 0.4) is 0 Å². The summed E-state index contributed by atoms with van der Waals surface area (Å²) in [7, 11) is 0. The first-order valence-corrected chi connectivity index (χ1v) is 11.9. The summed E-state index contributed by atoms with van der Waals surface area (Å²) in [6.45, 7) is 5.30. The number of nitrogens with zero attached hydrogens (tertiary/aromatic N) is 1. The average molecular weight is 471 g/mol. The fourth-order valence-electron chi connectivity index (χ4n) is 3.86. The molecule has 0 aliphatic heterocycles. The Labute approximate surface area is 205 Å². The molecule has 2 N–H and O–H groups in total. The Morgan fingerprint density at radius 3 is 2.26 bits per heavy atom. The Morgan fingerprint density at radius 2 is 1.63 bits per heavy atom. The number of carboxylic acids is 1. The van der Waals surface area contributed by atoms with Crippen molar-refractivity contribution in [3.05, 3.63) is 77.9 Å². The number of aromatic nitrogens is 1. The fraction of sp³-hybridized carbons (Fsp3) is 0.276. The summed E-state index contributed by atoms with van der Waals surface area (Å²) in [5.41, 5.74) is 5.10. The van der Waals surface area contributed by atoms with E-state index in [-0.39, 0.29) is 12.2 Å². The van der Waals surface area contributed by atoms with E-state index in [1.54, 1.807) is 26.0 Å². The van der Waals surface area contributed by atoms with Crippen LogP contribution in [0.5, 0.6) is 0 Å². The second kappa shape index (κ2) is 10.1. The van der Waals surface area contributed by atoms with Crippen LogP contribution in [0, 0.1) is 5.41 Å². The van der Waals surface area contributed by atoms with Gasteiger partial charge in [0, 0.05) is 17.7 Å². The lowest BCUT2D eigenvalue weighted by Gasteiger charge is -2.17. The molecule has 0 radical (unpaired) electrons. The zero-order valence-corrected chi connectivity index (χ0v) is 20.3. The van der Waals surface area contributed by atoms with Crippen molar-refractivity contribution in [1.29, 1.82) is 0 Å². The average Bonchev–Trinajstić information content (AvgIpc) is 3.24. The number of hydrogen-bond donors (Lipinski definition) is 2. The largest absolute Gasteiger partial charge is 0.481 e. The number of unbranched alkanes of at least 4 members (excludes halogenated alkanes) is 1. The molecule has 180 valence electrons. The summed E-state index contributed by atoms with van der Waals surface area (Å²) in [4.78, 5) is 28.3. The third-order valence-corrected chi connectivity index (χ3v) is 6.13. The van der Waals surface area contributed by atoms with Crippen LogP contribution in [0.4, 0.5) is 11.7 Å². The first kappa shape index (κ1) is 24.2. The summed E-state index contributed by atoms with van der Waals surface area (Å²) >= 11 is 0. The molecule has 6 nitrogen and oxygen atoms in total. The van der Waals surface area contributed by atoms with E-state index in [1.165, 1.54) is 5.56 Å². The van der Waals surface area contributed by atoms with Crippen LogP contribution in [-0.2, 0) is 11.2 Å². The van der Waals surface area contributed by atoms with Gasteiger partial charge >= 0.3 is 5.97 Å². The van der Waals surface area contributed by atoms with E-state index >= 15 is 0 Å². The summed E-state index contributed by atoms with van der Waals surface area (Å²) in [6.07, 6.45) is 3.31. The molecular formula is C29H30N2O4. The topological polar surface area (TPSA) is 92.4 Å². The van der Waals surface area contributed by atoms with Gasteiger partial charge in [0.05, 0.1) is 5.41 Å². The molecule has 0 spiro atoms. The van der Waals surface area contributed by atoms with Crippen LogP contribution in [-0.4, -0.2) is 21.8 Å². The van der Waals surface area contributed by atoms with E-state index in [2.05, 4.69) is 29.4 Å². The van der Waals surface area contributed by atoms with Gasteiger partial charge in [-0.1, -0.05) is 55.8 Å². The predicted octanol–water partition coefficient (Wildman–Crippen LogP) is 7.26. The Kier molecular flexibility index (Phi) is 7.01. The molecule has 0 fully saturated rings. The molecule has 0 amide bonds. The van der Waals surface area contributed by atoms with E-state index in [4.69, 9.17) is 4.42 Å². The maximum atomic E-state index is 12.5. The van der Waals surface area contributed by atoms with Crippen LogP contribution in [0.15, 0.2) is 71.1 Å². The number of Topliss-reactive ketones (excluding diaryl/α,β-unsaturated/α-hetero) is 1. The van der Waals surface area contributed by atoms with Crippen molar-refractivity contribution in [1.82, 2.24) is 4.98 Å². The summed E-state index contributed by atoms with van der Waals surface area (Å²) in [5, 5.41) is 12.5. The number of benzene rings is 3. The van der Waals surface area contributed by atoms with Gasteiger partial charge < -0.3 is 14.8 Å². The van der Waals surface area contributed by atoms with Gasteiger partial charge in [-0.3, -0.25) is 9.59 Å². The fourth-order valence-corrected chi connectivity index (χ4v) is 3.86. The van der Waals surface area contributed by atoms with Crippen molar-refractivity contribution < 1.29 is 19.1 Å². The second-order valence-corrected chi connectivity index (χ2v) is 9.49. The molecule has 0 saturated heterocycles. The van der Waals surface area contributed by atoms with Gasteiger partial charge in [0.1, 0.15) is 5.52 Å². The zero-order valence-electron chi connectivity index (χ0n) is 20.3. The van der Waals surface area contributed by atoms with Crippen molar-refractivity contribution in [3.63, 3.8) is 0 Å². The minimum absolute atomic E-state index is 0.0437. The zero-order chi connectivity index (χ0) is 25.0. The van der Waals surface area contributed by atoms with Crippen molar-refractivity contribution in [2.75, 3.05) is 5.32 Å². The Hall–Kier alpha value is -3.93. The number of oxazole rings is 1. The number of fused-ring (bicyclic) bond motifs is 1. The molecule has 0 aliphatic rings. The lowest BCUT2D eigenvalue weighted by molar-refractivity contribution is -0.146. The quantitative estimate of drug-likeness (QED) is 0.237. The molecule has 1 heterocycles. The van der Waals surface area contributed by atoms with E-state index in [0.717, 1.165) is 47.2 Å². The number of anilines is 2. The van der Waals surface area contributed by atoms with Crippen molar-refractivity contribution in [3.8, 4) is 11.1 Å². The standard InChI is InChI=1S/C29H30N2O4/c1-4-5-6-19-7-16-26-24(17-19)31-28(35-26)30-23-14-12-21(13-15-23)20-8-10-22(11-9-20)25(32)18-29(2,3)27(33)34/h7-17H,4-6,18H2,1-3H3,(H,30,31)(H,33,34). The highest BCUT2D eigenvalue weighted by Crippen LogP contribution is 2.27. The summed E-state index contributed by atoms with van der Waals surface area (Å²) in [6, 6.07) is 21.7. The third-order valence-electron chi connectivity index (χ3n) is 6.13. The third kappa shape index (κ3) is 5.77. The Balaban J connectivity index is 1.42. The number of aryl methyl sites for hydroxylation is 1. The monoisotopic (exact) mass is 470 g/mol. The Bertz CT molecular complexity index is 1340. The van der Waals surface area contributed by atoms with Gasteiger partial charge in [0.25, 0.3) is 6.01 Å². The van der Waals surface area contributed by atoms with Gasteiger partial charge in [0.2, 0.25) is 0 Å². The van der Waals surface area contributed by atoms with E-state index in [1.807, 2.05) is 42.5 Å². The number of hydrogen-bond acceptors (Lipinski definition) is 5. The van der Waals surface area contributed by atoms with Crippen molar-refractivity contribution in [2.45, 2.75) is 46.5 Å². The molecule has 3 aromatic carbocycles. The summed E-state index contributed by atoms with van der Waals surface area (Å²) < 4.78 is 5.84. The van der Waals surface area contributed by atoms with Gasteiger partial charge in [-0.25, -0.2) is 0 Å². The molecule has 4 rings (SSSR count). The minimum atomic E-state index is -1.09. The van der Waals surface area contributed by atoms with E-state index in [0.29, 0.717) is 11.6 Å². The number of carbonyl (C=O) groups excluding carboxylic acids is 1.